The van der Waals surface area contributed by atoms with E-state index in [1.165, 1.54) is 12.0 Å². The van der Waals surface area contributed by atoms with Crippen LogP contribution in [-0.2, 0) is 17.6 Å². The van der Waals surface area contributed by atoms with Crippen LogP contribution in [-0.4, -0.2) is 36.0 Å². The Morgan fingerprint density at radius 2 is 1.78 bits per heavy atom. The van der Waals surface area contributed by atoms with Crippen molar-refractivity contribution >= 4 is 18.3 Å². The summed E-state index contributed by atoms with van der Waals surface area (Å²) < 4.78 is 0. The van der Waals surface area contributed by atoms with Crippen LogP contribution in [0.15, 0.2) is 24.3 Å². The minimum atomic E-state index is 0. The molecule has 0 aromatic heterocycles. The van der Waals surface area contributed by atoms with Gasteiger partial charge in [0.1, 0.15) is 0 Å². The molecular formula is C19H29ClN2O. The molecule has 0 spiro atoms. The molecule has 2 aliphatic heterocycles. The van der Waals surface area contributed by atoms with Crippen molar-refractivity contribution in [1.82, 2.24) is 10.2 Å². The normalized spacial score (nSPS) is 23.5. The zero-order valence-corrected chi connectivity index (χ0v) is 15.1. The van der Waals surface area contributed by atoms with Crippen LogP contribution in [0.25, 0.3) is 0 Å². The Morgan fingerprint density at radius 3 is 2.48 bits per heavy atom. The van der Waals surface area contributed by atoms with Gasteiger partial charge < -0.3 is 10.2 Å². The first kappa shape index (κ1) is 18.3. The summed E-state index contributed by atoms with van der Waals surface area (Å²) in [6, 6.07) is 9.51. The van der Waals surface area contributed by atoms with E-state index >= 15 is 0 Å². The third kappa shape index (κ3) is 4.48. The Kier molecular flexibility index (Phi) is 6.49. The maximum atomic E-state index is 12.7. The highest BCUT2D eigenvalue weighted by Crippen LogP contribution is 2.28. The number of carbonyl (C=O) groups is 1. The number of benzene rings is 1. The van der Waals surface area contributed by atoms with Gasteiger partial charge in [-0.1, -0.05) is 38.1 Å². The summed E-state index contributed by atoms with van der Waals surface area (Å²) in [6.07, 6.45) is 5.11. The van der Waals surface area contributed by atoms with E-state index in [4.69, 9.17) is 0 Å². The maximum Gasteiger partial charge on any atom is 0.227 e. The zero-order valence-electron chi connectivity index (χ0n) is 14.3. The molecule has 0 aliphatic carbocycles. The van der Waals surface area contributed by atoms with Gasteiger partial charge in [-0.2, -0.15) is 0 Å². The van der Waals surface area contributed by atoms with E-state index in [0.29, 0.717) is 30.3 Å². The highest BCUT2D eigenvalue weighted by molar-refractivity contribution is 5.85. The maximum absolute atomic E-state index is 12.7. The molecule has 3 nitrogen and oxygen atoms in total. The van der Waals surface area contributed by atoms with Crippen molar-refractivity contribution in [3.63, 3.8) is 0 Å². The van der Waals surface area contributed by atoms with Crippen LogP contribution in [0.3, 0.4) is 0 Å². The average molecular weight is 337 g/mol. The molecular weight excluding hydrogens is 308 g/mol. The summed E-state index contributed by atoms with van der Waals surface area (Å²) in [4.78, 5) is 14.9. The van der Waals surface area contributed by atoms with Crippen molar-refractivity contribution in [3.05, 3.63) is 35.4 Å². The molecule has 2 saturated heterocycles. The molecule has 0 saturated carbocycles. The number of hydrogen-bond acceptors (Lipinski definition) is 2. The number of halogens is 1. The number of nitrogens with one attached hydrogen (secondary N) is 1. The monoisotopic (exact) mass is 336 g/mol. The first-order chi connectivity index (χ1) is 10.6. The summed E-state index contributed by atoms with van der Waals surface area (Å²) in [5.41, 5.74) is 2.51. The Bertz CT molecular complexity index is 501. The molecule has 2 fully saturated rings. The molecule has 0 radical (unpaired) electrons. The van der Waals surface area contributed by atoms with E-state index < -0.39 is 0 Å². The van der Waals surface area contributed by atoms with E-state index in [2.05, 4.69) is 48.3 Å². The molecule has 128 valence electrons. The topological polar surface area (TPSA) is 32.3 Å². The first-order valence-corrected chi connectivity index (χ1v) is 8.73. The number of rotatable bonds is 4. The van der Waals surface area contributed by atoms with Crippen molar-refractivity contribution in [2.45, 2.75) is 58.0 Å². The number of carbonyl (C=O) groups excluding carboxylic acids is 1. The van der Waals surface area contributed by atoms with Crippen LogP contribution in [0, 0.1) is 5.92 Å². The highest BCUT2D eigenvalue weighted by atomic mass is 35.5. The molecule has 2 atom stereocenters. The number of amides is 1. The lowest BCUT2D eigenvalue weighted by atomic mass is 10.0. The van der Waals surface area contributed by atoms with Crippen LogP contribution in [0.4, 0.5) is 0 Å². The second-order valence-electron chi connectivity index (χ2n) is 7.27. The number of nitrogens with zero attached hydrogens (tertiary/aromatic N) is 1. The van der Waals surface area contributed by atoms with E-state index in [-0.39, 0.29) is 12.4 Å². The van der Waals surface area contributed by atoms with Gasteiger partial charge in [0.25, 0.3) is 0 Å². The number of fused-ring (bicyclic) bond motifs is 2. The molecule has 23 heavy (non-hydrogen) atoms. The van der Waals surface area contributed by atoms with E-state index in [1.807, 2.05) is 0 Å². The Morgan fingerprint density at radius 1 is 1.13 bits per heavy atom. The Hall–Kier alpha value is -1.06. The van der Waals surface area contributed by atoms with Crippen molar-refractivity contribution in [3.8, 4) is 0 Å². The first-order valence-electron chi connectivity index (χ1n) is 8.73. The van der Waals surface area contributed by atoms with Gasteiger partial charge in [0.2, 0.25) is 5.91 Å². The second-order valence-corrected chi connectivity index (χ2v) is 7.27. The van der Waals surface area contributed by atoms with Crippen molar-refractivity contribution in [2.75, 3.05) is 13.1 Å². The van der Waals surface area contributed by atoms with Gasteiger partial charge in [-0.05, 0) is 49.3 Å². The summed E-state index contributed by atoms with van der Waals surface area (Å²) >= 11 is 0. The largest absolute Gasteiger partial charge is 0.335 e. The molecule has 1 amide bonds. The fourth-order valence-corrected chi connectivity index (χ4v) is 3.92. The zero-order chi connectivity index (χ0) is 15.5. The molecule has 2 heterocycles. The molecule has 1 aromatic carbocycles. The molecule has 2 unspecified atom stereocenters. The van der Waals surface area contributed by atoms with E-state index in [0.717, 1.165) is 37.9 Å². The molecule has 2 aliphatic rings. The smallest absolute Gasteiger partial charge is 0.227 e. The SMILES string of the molecule is CC(C)Cc1ccc(CC(=O)N2C3CCNCC2CC3)cc1.Cl. The summed E-state index contributed by atoms with van der Waals surface area (Å²) in [5.74, 6) is 0.987. The second kappa shape index (κ2) is 8.16. The Balaban J connectivity index is 0.00000192. The van der Waals surface area contributed by atoms with E-state index in [9.17, 15) is 4.79 Å². The minimum Gasteiger partial charge on any atom is -0.335 e. The highest BCUT2D eigenvalue weighted by Gasteiger charge is 2.37. The van der Waals surface area contributed by atoms with Crippen LogP contribution in [0.1, 0.15) is 44.2 Å². The average Bonchev–Trinajstić information content (AvgIpc) is 2.74. The third-order valence-electron chi connectivity index (χ3n) is 4.96. The van der Waals surface area contributed by atoms with Gasteiger partial charge in [0.15, 0.2) is 0 Å². The van der Waals surface area contributed by atoms with E-state index in [1.54, 1.807) is 0 Å². The van der Waals surface area contributed by atoms with Gasteiger partial charge in [-0.15, -0.1) is 12.4 Å². The van der Waals surface area contributed by atoms with Gasteiger partial charge in [-0.3, -0.25) is 4.79 Å². The lowest BCUT2D eigenvalue weighted by molar-refractivity contribution is -0.133. The van der Waals surface area contributed by atoms with Crippen LogP contribution >= 0.6 is 12.4 Å². The third-order valence-corrected chi connectivity index (χ3v) is 4.96. The lowest BCUT2D eigenvalue weighted by Gasteiger charge is -2.28. The summed E-state index contributed by atoms with van der Waals surface area (Å²) in [7, 11) is 0. The van der Waals surface area contributed by atoms with Gasteiger partial charge >= 0.3 is 0 Å². The fourth-order valence-electron chi connectivity index (χ4n) is 3.92. The van der Waals surface area contributed by atoms with Gasteiger partial charge in [0, 0.05) is 18.6 Å². The summed E-state index contributed by atoms with van der Waals surface area (Å²) in [5, 5.41) is 3.46. The molecule has 1 N–H and O–H groups in total. The summed E-state index contributed by atoms with van der Waals surface area (Å²) in [6.45, 7) is 6.49. The van der Waals surface area contributed by atoms with Crippen LogP contribution < -0.4 is 5.32 Å². The van der Waals surface area contributed by atoms with Gasteiger partial charge in [0.05, 0.1) is 6.42 Å². The fraction of sp³-hybridized carbons (Fsp3) is 0.632. The number of hydrogen-bond donors (Lipinski definition) is 1. The molecule has 4 heteroatoms. The minimum absolute atomic E-state index is 0. The van der Waals surface area contributed by atoms with Crippen LogP contribution in [0.5, 0.6) is 0 Å². The van der Waals surface area contributed by atoms with Crippen LogP contribution in [0.2, 0.25) is 0 Å². The van der Waals surface area contributed by atoms with Crippen molar-refractivity contribution in [1.29, 1.82) is 0 Å². The molecule has 1 aromatic rings. The molecule has 3 rings (SSSR count). The molecule has 2 bridgehead atoms. The standard InChI is InChI=1S/C19H28N2O.ClH/c1-14(2)11-15-3-5-16(6-4-15)12-19(22)21-17-7-8-18(21)13-20-10-9-17;/h3-6,14,17-18,20H,7-13H2,1-2H3;1H. The lowest BCUT2D eigenvalue weighted by Crippen LogP contribution is -2.43. The predicted octanol–water partition coefficient (Wildman–Crippen LogP) is 3.20. The quantitative estimate of drug-likeness (QED) is 0.915. The predicted molar refractivity (Wildman–Crippen MR) is 97.1 cm³/mol. The van der Waals surface area contributed by atoms with Crippen molar-refractivity contribution < 1.29 is 4.79 Å². The Labute approximate surface area is 146 Å². The van der Waals surface area contributed by atoms with Crippen molar-refractivity contribution in [2.24, 2.45) is 5.92 Å². The van der Waals surface area contributed by atoms with Gasteiger partial charge in [-0.25, -0.2) is 0 Å².